The summed E-state index contributed by atoms with van der Waals surface area (Å²) in [5, 5.41) is 2.92. The Hall–Kier alpha value is -2.29. The van der Waals surface area contributed by atoms with Crippen LogP contribution in [0.5, 0.6) is 0 Å². The molecule has 4 rings (SSSR count). The number of rotatable bonds is 4. The molecule has 1 saturated heterocycles. The normalized spacial score (nSPS) is 15.6. The van der Waals surface area contributed by atoms with Crippen LogP contribution in [-0.4, -0.2) is 43.9 Å². The van der Waals surface area contributed by atoms with Gasteiger partial charge in [-0.15, -0.1) is 11.3 Å². The van der Waals surface area contributed by atoms with Crippen molar-refractivity contribution in [3.63, 3.8) is 0 Å². The number of hydrogen-bond acceptors (Lipinski definition) is 5. The summed E-state index contributed by atoms with van der Waals surface area (Å²) in [5.41, 5.74) is 3.74. The summed E-state index contributed by atoms with van der Waals surface area (Å²) in [4.78, 5) is 6.89. The Kier molecular flexibility index (Phi) is 5.42. The third-order valence-electron chi connectivity index (χ3n) is 5.08. The van der Waals surface area contributed by atoms with Crippen LogP contribution in [0.25, 0.3) is 11.3 Å². The van der Waals surface area contributed by atoms with Crippen molar-refractivity contribution in [3.8, 4) is 11.3 Å². The lowest BCUT2D eigenvalue weighted by molar-refractivity contribution is 0.384. The maximum Gasteiger partial charge on any atom is 0.243 e. The third kappa shape index (κ3) is 4.05. The van der Waals surface area contributed by atoms with Crippen LogP contribution < -0.4 is 4.90 Å². The van der Waals surface area contributed by atoms with Gasteiger partial charge in [0, 0.05) is 37.1 Å². The zero-order valence-electron chi connectivity index (χ0n) is 16.3. The highest BCUT2D eigenvalue weighted by Gasteiger charge is 2.30. The molecule has 0 radical (unpaired) electrons. The minimum Gasteiger partial charge on any atom is -0.345 e. The first kappa shape index (κ1) is 20.0. The molecular formula is C21H22FN3O2S2. The second kappa shape index (κ2) is 7.85. The van der Waals surface area contributed by atoms with Gasteiger partial charge in [0.1, 0.15) is 5.82 Å². The minimum atomic E-state index is -3.71. The summed E-state index contributed by atoms with van der Waals surface area (Å²) in [6, 6.07) is 12.1. The smallest absolute Gasteiger partial charge is 0.243 e. The number of nitrogens with zero attached hydrogens (tertiary/aromatic N) is 3. The molecule has 2 heterocycles. The summed E-state index contributed by atoms with van der Waals surface area (Å²) in [6.07, 6.45) is 0. The lowest BCUT2D eigenvalue weighted by atomic mass is 10.1. The van der Waals surface area contributed by atoms with Gasteiger partial charge in [0.25, 0.3) is 0 Å². The summed E-state index contributed by atoms with van der Waals surface area (Å²) in [5.74, 6) is -0.542. The first-order valence-corrected chi connectivity index (χ1v) is 11.7. The third-order valence-corrected chi connectivity index (χ3v) is 8.03. The van der Waals surface area contributed by atoms with Crippen LogP contribution in [0.3, 0.4) is 0 Å². The molecule has 1 aliphatic heterocycles. The van der Waals surface area contributed by atoms with Crippen LogP contribution in [0.2, 0.25) is 0 Å². The molecule has 0 aliphatic carbocycles. The molecular weight excluding hydrogens is 409 g/mol. The fourth-order valence-electron chi connectivity index (χ4n) is 3.46. The largest absolute Gasteiger partial charge is 0.345 e. The molecule has 29 heavy (non-hydrogen) atoms. The molecule has 1 aromatic heterocycles. The number of anilines is 1. The highest BCUT2D eigenvalue weighted by atomic mass is 32.2. The molecule has 0 N–H and O–H groups in total. The van der Waals surface area contributed by atoms with E-state index in [1.54, 1.807) is 18.3 Å². The molecule has 0 atom stereocenters. The van der Waals surface area contributed by atoms with Gasteiger partial charge >= 0.3 is 0 Å². The Balaban J connectivity index is 1.48. The number of aryl methyl sites for hydroxylation is 2. The van der Waals surface area contributed by atoms with Gasteiger partial charge in [0.2, 0.25) is 10.0 Å². The Morgan fingerprint density at radius 1 is 1.03 bits per heavy atom. The summed E-state index contributed by atoms with van der Waals surface area (Å²) in [6.45, 7) is 5.53. The number of halogens is 1. The monoisotopic (exact) mass is 431 g/mol. The van der Waals surface area contributed by atoms with E-state index in [0.717, 1.165) is 22.5 Å². The van der Waals surface area contributed by atoms with Gasteiger partial charge in [-0.25, -0.2) is 17.8 Å². The van der Waals surface area contributed by atoms with Crippen molar-refractivity contribution >= 4 is 26.5 Å². The molecule has 0 saturated carbocycles. The van der Waals surface area contributed by atoms with Gasteiger partial charge in [-0.3, -0.25) is 0 Å². The Morgan fingerprint density at radius 2 is 1.79 bits per heavy atom. The first-order chi connectivity index (χ1) is 13.8. The predicted molar refractivity (Wildman–Crippen MR) is 114 cm³/mol. The quantitative estimate of drug-likeness (QED) is 0.625. The summed E-state index contributed by atoms with van der Waals surface area (Å²) in [7, 11) is -3.71. The fourth-order valence-corrected chi connectivity index (χ4v) is 6.00. The molecule has 3 aromatic rings. The molecule has 1 fully saturated rings. The second-order valence-electron chi connectivity index (χ2n) is 7.19. The highest BCUT2D eigenvalue weighted by Crippen LogP contribution is 2.29. The van der Waals surface area contributed by atoms with Crippen molar-refractivity contribution in [2.24, 2.45) is 0 Å². The summed E-state index contributed by atoms with van der Waals surface area (Å²) < 4.78 is 40.9. The Labute approximate surface area is 174 Å². The van der Waals surface area contributed by atoms with Gasteiger partial charge in [0.05, 0.1) is 10.6 Å². The van der Waals surface area contributed by atoms with Crippen molar-refractivity contribution in [3.05, 3.63) is 64.8 Å². The molecule has 0 spiro atoms. The van der Waals surface area contributed by atoms with Crippen LogP contribution in [0.1, 0.15) is 11.1 Å². The molecule has 1 aliphatic rings. The van der Waals surface area contributed by atoms with Crippen LogP contribution in [0, 0.1) is 19.7 Å². The van der Waals surface area contributed by atoms with Gasteiger partial charge in [0.15, 0.2) is 5.13 Å². The van der Waals surface area contributed by atoms with Gasteiger partial charge in [-0.1, -0.05) is 29.8 Å². The Morgan fingerprint density at radius 3 is 2.52 bits per heavy atom. The van der Waals surface area contributed by atoms with E-state index in [9.17, 15) is 12.8 Å². The molecule has 152 valence electrons. The number of thiazole rings is 1. The zero-order valence-corrected chi connectivity index (χ0v) is 17.9. The van der Waals surface area contributed by atoms with E-state index in [1.807, 2.05) is 17.5 Å². The standard InChI is InChI=1S/C21H22FN3O2S2/c1-15-4-3-5-17(12-15)19-14-28-21(23-19)24-8-10-25(11-9-24)29(26,27)20-13-18(22)7-6-16(20)2/h3-7,12-14H,8-11H2,1-2H3. The lowest BCUT2D eigenvalue weighted by Crippen LogP contribution is -2.48. The summed E-state index contributed by atoms with van der Waals surface area (Å²) >= 11 is 1.56. The molecule has 0 amide bonds. The zero-order chi connectivity index (χ0) is 20.6. The molecule has 5 nitrogen and oxygen atoms in total. The van der Waals surface area contributed by atoms with Gasteiger partial charge < -0.3 is 4.90 Å². The second-order valence-corrected chi connectivity index (χ2v) is 9.93. The highest BCUT2D eigenvalue weighted by molar-refractivity contribution is 7.89. The first-order valence-electron chi connectivity index (χ1n) is 9.38. The fraction of sp³-hybridized carbons (Fsp3) is 0.286. The Bertz CT molecular complexity index is 1140. The molecule has 0 bridgehead atoms. The number of benzene rings is 2. The predicted octanol–water partition coefficient (Wildman–Crippen LogP) is 4.08. The van der Waals surface area contributed by atoms with Crippen molar-refractivity contribution in [1.29, 1.82) is 0 Å². The minimum absolute atomic E-state index is 0.0435. The van der Waals surface area contributed by atoms with E-state index in [4.69, 9.17) is 4.98 Å². The number of piperazine rings is 1. The number of aromatic nitrogens is 1. The van der Waals surface area contributed by atoms with Crippen LogP contribution in [0.4, 0.5) is 9.52 Å². The van der Waals surface area contributed by atoms with Crippen LogP contribution in [0.15, 0.2) is 52.7 Å². The lowest BCUT2D eigenvalue weighted by Gasteiger charge is -2.34. The average Bonchev–Trinajstić information content (AvgIpc) is 3.20. The van der Waals surface area contributed by atoms with Crippen LogP contribution >= 0.6 is 11.3 Å². The topological polar surface area (TPSA) is 53.5 Å². The van der Waals surface area contributed by atoms with E-state index in [0.29, 0.717) is 31.7 Å². The van der Waals surface area contributed by atoms with Crippen molar-refractivity contribution in [1.82, 2.24) is 9.29 Å². The van der Waals surface area contributed by atoms with E-state index in [2.05, 4.69) is 24.0 Å². The van der Waals surface area contributed by atoms with Crippen LogP contribution in [-0.2, 0) is 10.0 Å². The van der Waals surface area contributed by atoms with Crippen molar-refractivity contribution < 1.29 is 12.8 Å². The van der Waals surface area contributed by atoms with E-state index in [-0.39, 0.29) is 4.90 Å². The van der Waals surface area contributed by atoms with Gasteiger partial charge in [-0.2, -0.15) is 4.31 Å². The molecule has 0 unspecified atom stereocenters. The number of hydrogen-bond donors (Lipinski definition) is 0. The van der Waals surface area contributed by atoms with E-state index in [1.165, 1.54) is 22.0 Å². The van der Waals surface area contributed by atoms with E-state index >= 15 is 0 Å². The van der Waals surface area contributed by atoms with Gasteiger partial charge in [-0.05, 0) is 37.6 Å². The van der Waals surface area contributed by atoms with E-state index < -0.39 is 15.8 Å². The maximum atomic E-state index is 13.6. The maximum absolute atomic E-state index is 13.6. The van der Waals surface area contributed by atoms with Crippen molar-refractivity contribution in [2.75, 3.05) is 31.1 Å². The van der Waals surface area contributed by atoms with Crippen molar-refractivity contribution in [2.45, 2.75) is 18.7 Å². The number of sulfonamides is 1. The average molecular weight is 432 g/mol. The molecule has 2 aromatic carbocycles. The molecule has 8 heteroatoms. The SMILES string of the molecule is Cc1cccc(-c2csc(N3CCN(S(=O)(=O)c4cc(F)ccc4C)CC3)n2)c1.